The van der Waals surface area contributed by atoms with Gasteiger partial charge < -0.3 is 5.32 Å². The lowest BCUT2D eigenvalue weighted by Gasteiger charge is -2.29. The molecule has 0 heterocycles. The highest BCUT2D eigenvalue weighted by Gasteiger charge is 2.20. The fraction of sp³-hybridized carbons (Fsp3) is 0.600. The van der Waals surface area contributed by atoms with Crippen molar-refractivity contribution in [3.63, 3.8) is 0 Å². The van der Waals surface area contributed by atoms with Crippen molar-refractivity contribution in [1.82, 2.24) is 5.32 Å². The van der Waals surface area contributed by atoms with Crippen LogP contribution in [0.3, 0.4) is 0 Å². The van der Waals surface area contributed by atoms with Crippen molar-refractivity contribution in [3.8, 4) is 0 Å². The molecule has 1 aromatic carbocycles. The summed E-state index contributed by atoms with van der Waals surface area (Å²) in [5.41, 5.74) is 1.66. The molecular weight excluding hydrogens is 354 g/mol. The average Bonchev–Trinajstić information content (AvgIpc) is 2.24. The number of hydrogen-bond donors (Lipinski definition) is 1. The third kappa shape index (κ3) is 4.67. The molecule has 0 amide bonds. The smallest absolute Gasteiger partial charge is 0.0303 e. The highest BCUT2D eigenvalue weighted by Crippen LogP contribution is 2.28. The Bertz CT molecular complexity index is 396. The Labute approximate surface area is 128 Å². The summed E-state index contributed by atoms with van der Waals surface area (Å²) in [5, 5.41) is 3.62. The first-order valence-corrected chi connectivity index (χ1v) is 7.98. The van der Waals surface area contributed by atoms with Gasteiger partial charge in [0.1, 0.15) is 0 Å². The number of benzene rings is 1. The molecule has 0 spiro atoms. The highest BCUT2D eigenvalue weighted by molar-refractivity contribution is 9.11. The standard InChI is InChI=1S/C15H23Br2N/c1-10(15(3,4)5)9-18-11(2)13-7-6-12(16)8-14(13)17/h6-8,10-11,18H,9H2,1-5H3. The zero-order valence-corrected chi connectivity index (χ0v) is 15.0. The van der Waals surface area contributed by atoms with Crippen molar-refractivity contribution in [1.29, 1.82) is 0 Å². The molecule has 0 fully saturated rings. The minimum absolute atomic E-state index is 0.351. The molecule has 1 nitrogen and oxygen atoms in total. The molecule has 0 aliphatic carbocycles. The Balaban J connectivity index is 2.63. The van der Waals surface area contributed by atoms with Gasteiger partial charge in [0.25, 0.3) is 0 Å². The highest BCUT2D eigenvalue weighted by atomic mass is 79.9. The summed E-state index contributed by atoms with van der Waals surface area (Å²) >= 11 is 7.11. The second-order valence-corrected chi connectivity index (χ2v) is 7.83. The van der Waals surface area contributed by atoms with Crippen LogP contribution in [0.25, 0.3) is 0 Å². The van der Waals surface area contributed by atoms with E-state index in [1.807, 2.05) is 0 Å². The zero-order chi connectivity index (χ0) is 13.9. The first-order chi connectivity index (χ1) is 8.21. The average molecular weight is 377 g/mol. The van der Waals surface area contributed by atoms with Crippen molar-refractivity contribution in [2.75, 3.05) is 6.54 Å². The minimum Gasteiger partial charge on any atom is -0.310 e. The van der Waals surface area contributed by atoms with Gasteiger partial charge in [-0.25, -0.2) is 0 Å². The molecule has 1 rings (SSSR count). The molecule has 0 saturated carbocycles. The van der Waals surface area contributed by atoms with E-state index in [9.17, 15) is 0 Å². The predicted octanol–water partition coefficient (Wildman–Crippen LogP) is 5.54. The maximum Gasteiger partial charge on any atom is 0.0303 e. The van der Waals surface area contributed by atoms with Crippen molar-refractivity contribution in [2.24, 2.45) is 11.3 Å². The van der Waals surface area contributed by atoms with Crippen LogP contribution in [0, 0.1) is 11.3 Å². The predicted molar refractivity (Wildman–Crippen MR) is 86.9 cm³/mol. The van der Waals surface area contributed by atoms with Gasteiger partial charge in [-0.15, -0.1) is 0 Å². The van der Waals surface area contributed by atoms with E-state index >= 15 is 0 Å². The Morgan fingerprint density at radius 3 is 2.28 bits per heavy atom. The summed E-state index contributed by atoms with van der Waals surface area (Å²) in [6.07, 6.45) is 0. The van der Waals surface area contributed by atoms with Gasteiger partial charge in [-0.2, -0.15) is 0 Å². The van der Waals surface area contributed by atoms with Crippen molar-refractivity contribution in [3.05, 3.63) is 32.7 Å². The third-order valence-electron chi connectivity index (χ3n) is 3.64. The molecule has 18 heavy (non-hydrogen) atoms. The topological polar surface area (TPSA) is 12.0 Å². The van der Waals surface area contributed by atoms with Crippen molar-refractivity contribution < 1.29 is 0 Å². The maximum atomic E-state index is 3.62. The molecular formula is C15H23Br2N. The summed E-state index contributed by atoms with van der Waals surface area (Å²) in [7, 11) is 0. The second kappa shape index (κ2) is 6.53. The SMILES string of the molecule is CC(NCC(C)C(C)(C)C)c1ccc(Br)cc1Br. The van der Waals surface area contributed by atoms with Gasteiger partial charge in [-0.3, -0.25) is 0 Å². The lowest BCUT2D eigenvalue weighted by molar-refractivity contribution is 0.247. The van der Waals surface area contributed by atoms with Gasteiger partial charge in [0.2, 0.25) is 0 Å². The molecule has 0 saturated heterocycles. The Morgan fingerprint density at radius 1 is 1.17 bits per heavy atom. The van der Waals surface area contributed by atoms with Crippen LogP contribution in [0.1, 0.15) is 46.2 Å². The summed E-state index contributed by atoms with van der Waals surface area (Å²) in [6, 6.07) is 6.71. The van der Waals surface area contributed by atoms with E-state index in [-0.39, 0.29) is 0 Å². The second-order valence-electron chi connectivity index (χ2n) is 6.06. The molecule has 1 N–H and O–H groups in total. The summed E-state index contributed by atoms with van der Waals surface area (Å²) in [5.74, 6) is 0.647. The van der Waals surface area contributed by atoms with Crippen LogP contribution in [-0.4, -0.2) is 6.54 Å². The number of nitrogens with one attached hydrogen (secondary N) is 1. The van der Waals surface area contributed by atoms with Crippen LogP contribution in [0.2, 0.25) is 0 Å². The van der Waals surface area contributed by atoms with Crippen LogP contribution in [0.5, 0.6) is 0 Å². The van der Waals surface area contributed by atoms with Crippen LogP contribution >= 0.6 is 31.9 Å². The normalized spacial score (nSPS) is 15.5. The number of rotatable bonds is 4. The van der Waals surface area contributed by atoms with Gasteiger partial charge in [0, 0.05) is 15.0 Å². The summed E-state index contributed by atoms with van der Waals surface area (Å²) in [4.78, 5) is 0. The van der Waals surface area contributed by atoms with Crippen molar-refractivity contribution in [2.45, 2.75) is 40.7 Å². The molecule has 2 atom stereocenters. The van der Waals surface area contributed by atoms with E-state index < -0.39 is 0 Å². The van der Waals surface area contributed by atoms with Gasteiger partial charge in [0.05, 0.1) is 0 Å². The molecule has 3 heteroatoms. The molecule has 0 bridgehead atoms. The van der Waals surface area contributed by atoms with E-state index in [4.69, 9.17) is 0 Å². The molecule has 0 aliphatic rings. The monoisotopic (exact) mass is 375 g/mol. The Morgan fingerprint density at radius 2 is 1.78 bits per heavy atom. The quantitative estimate of drug-likeness (QED) is 0.726. The molecule has 102 valence electrons. The van der Waals surface area contributed by atoms with Crippen molar-refractivity contribution >= 4 is 31.9 Å². The lowest BCUT2D eigenvalue weighted by Crippen LogP contribution is -2.31. The van der Waals surface area contributed by atoms with Crippen LogP contribution < -0.4 is 5.32 Å². The number of hydrogen-bond acceptors (Lipinski definition) is 1. The van der Waals surface area contributed by atoms with Crippen LogP contribution in [-0.2, 0) is 0 Å². The third-order valence-corrected chi connectivity index (χ3v) is 4.82. The minimum atomic E-state index is 0.351. The molecule has 0 radical (unpaired) electrons. The Hall–Kier alpha value is 0.140. The van der Waals surface area contributed by atoms with Gasteiger partial charge in [0.15, 0.2) is 0 Å². The lowest BCUT2D eigenvalue weighted by atomic mass is 9.82. The summed E-state index contributed by atoms with van der Waals surface area (Å²) in [6.45, 7) is 12.4. The molecule has 2 unspecified atom stereocenters. The van der Waals surface area contributed by atoms with E-state index in [2.05, 4.69) is 90.0 Å². The first-order valence-electron chi connectivity index (χ1n) is 6.40. The van der Waals surface area contributed by atoms with Gasteiger partial charge in [-0.05, 0) is 42.5 Å². The van der Waals surface area contributed by atoms with E-state index in [1.54, 1.807) is 0 Å². The largest absolute Gasteiger partial charge is 0.310 e. The summed E-state index contributed by atoms with van der Waals surface area (Å²) < 4.78 is 2.26. The van der Waals surface area contributed by atoms with Gasteiger partial charge in [-0.1, -0.05) is 65.6 Å². The zero-order valence-electron chi connectivity index (χ0n) is 11.8. The maximum absolute atomic E-state index is 3.62. The van der Waals surface area contributed by atoms with E-state index in [1.165, 1.54) is 5.56 Å². The van der Waals surface area contributed by atoms with Crippen LogP contribution in [0.15, 0.2) is 27.1 Å². The van der Waals surface area contributed by atoms with Gasteiger partial charge >= 0.3 is 0 Å². The molecule has 0 aromatic heterocycles. The fourth-order valence-electron chi connectivity index (χ4n) is 1.62. The molecule has 1 aromatic rings. The fourth-order valence-corrected chi connectivity index (χ4v) is 3.01. The Kier molecular flexibility index (Phi) is 5.88. The van der Waals surface area contributed by atoms with E-state index in [0.717, 1.165) is 15.5 Å². The number of halogens is 2. The first kappa shape index (κ1) is 16.2. The van der Waals surface area contributed by atoms with Crippen LogP contribution in [0.4, 0.5) is 0 Å². The molecule has 0 aliphatic heterocycles. The van der Waals surface area contributed by atoms with E-state index in [0.29, 0.717) is 17.4 Å².